The highest BCUT2D eigenvalue weighted by molar-refractivity contribution is 5.79. The second kappa shape index (κ2) is 23.2. The molecule has 0 aromatic heterocycles. The summed E-state index contributed by atoms with van der Waals surface area (Å²) in [6, 6.07) is 0. The van der Waals surface area contributed by atoms with Crippen molar-refractivity contribution in [2.24, 2.45) is 50.2 Å². The van der Waals surface area contributed by atoms with E-state index in [1.54, 1.807) is 0 Å². The van der Waals surface area contributed by atoms with Crippen LogP contribution in [0.5, 0.6) is 0 Å². The Morgan fingerprint density at radius 2 is 1.10 bits per heavy atom. The maximum Gasteiger partial charge on any atom is 0.315 e. The van der Waals surface area contributed by atoms with Gasteiger partial charge >= 0.3 is 11.9 Å². The number of rotatable bonds is 13. The Kier molecular flexibility index (Phi) is 18.1. The van der Waals surface area contributed by atoms with Crippen molar-refractivity contribution in [1.29, 1.82) is 0 Å². The number of carbonyl (C=O) groups is 2. The third kappa shape index (κ3) is 10.6. The number of allylic oxidation sites excluding steroid dienone is 2. The van der Waals surface area contributed by atoms with Crippen LogP contribution in [0.1, 0.15) is 113 Å². The average Bonchev–Trinajstić information content (AvgIpc) is 1.09. The second-order valence-electron chi connectivity index (χ2n) is 26.9. The van der Waals surface area contributed by atoms with Gasteiger partial charge in [-0.3, -0.25) is 9.59 Å². The van der Waals surface area contributed by atoms with E-state index in [9.17, 15) is 76.3 Å². The second-order valence-corrected chi connectivity index (χ2v) is 26.9. The van der Waals surface area contributed by atoms with E-state index in [2.05, 4.69) is 40.7 Å². The van der Waals surface area contributed by atoms with Crippen LogP contribution < -0.4 is 0 Å². The van der Waals surface area contributed by atoms with Crippen LogP contribution in [0.3, 0.4) is 0 Å². The molecule has 9 aliphatic rings. The van der Waals surface area contributed by atoms with Crippen LogP contribution >= 0.6 is 0 Å². The summed E-state index contributed by atoms with van der Waals surface area (Å²) < 4.78 is 54.5. The zero-order valence-electron chi connectivity index (χ0n) is 47.5. The van der Waals surface area contributed by atoms with Crippen LogP contribution in [-0.4, -0.2) is 245 Å². The van der Waals surface area contributed by atoms with Crippen LogP contribution in [0.2, 0.25) is 0 Å². The zero-order chi connectivity index (χ0) is 59.4. The van der Waals surface area contributed by atoms with Crippen molar-refractivity contribution in [1.82, 2.24) is 0 Å². The molecule has 0 spiro atoms. The van der Waals surface area contributed by atoms with Gasteiger partial charge in [-0.1, -0.05) is 53.2 Å². The predicted molar refractivity (Wildman–Crippen MR) is 274 cm³/mol. The number of hydrogen-bond acceptors (Lipinski definition) is 25. The highest BCUT2D eigenvalue weighted by atomic mass is 16.8. The maximum atomic E-state index is 15.7. The van der Waals surface area contributed by atoms with Crippen LogP contribution in [0.25, 0.3) is 0 Å². The Morgan fingerprint density at radius 3 is 1.68 bits per heavy atom. The van der Waals surface area contributed by atoms with Gasteiger partial charge in [0.1, 0.15) is 85.5 Å². The molecule has 464 valence electrons. The van der Waals surface area contributed by atoms with Gasteiger partial charge in [0.05, 0.1) is 50.2 Å². The first-order valence-electron chi connectivity index (χ1n) is 28.8. The third-order valence-electron chi connectivity index (χ3n) is 21.7. The molecule has 4 saturated heterocycles. The molecule has 0 radical (unpaired) electrons. The van der Waals surface area contributed by atoms with Crippen molar-refractivity contribution < 1.29 is 124 Å². The van der Waals surface area contributed by atoms with Gasteiger partial charge in [0.15, 0.2) is 25.0 Å². The standard InChI is InChI=1S/C56H90O25/c1-23-33(62)37(66)40(69)46(74-23)79-44-43(78-47-41(70)38(67)34(63)28(19-57)75-47)36(65)30(21-59)77-49(44)81-50(72)56-15-13-51(3,4)17-26(56)25-9-10-32-52(5)18-27(61)45(80-48-42(71)39(68)35(64)29(20-58)76-48)53(6,22-73-24(2)60)31(52)11-12-55(32,8)54(25,7)14-16-56/h9,23,26-49,57-59,61-71H,10-22H2,1-8H3/t23-,26-,27-,28+,29+,30+,31+,32+,33-,34-,35+,36+,37+,38-,39-,40+,41+,42+,43-,44+,45-,46-,47-,48-,49-,52-,53-,54+,55+,56-/m0/s1. The van der Waals surface area contributed by atoms with E-state index in [-0.39, 0.29) is 30.3 Å². The van der Waals surface area contributed by atoms with Gasteiger partial charge in [-0.2, -0.15) is 0 Å². The highest BCUT2D eigenvalue weighted by Crippen LogP contribution is 2.76. The number of fused-ring (bicyclic) bond motifs is 7. The molecule has 25 nitrogen and oxygen atoms in total. The molecular weight excluding hydrogens is 1070 g/mol. The minimum absolute atomic E-state index is 0.0937. The molecule has 30 atom stereocenters. The largest absolute Gasteiger partial charge is 0.465 e. The average molecular weight is 1160 g/mol. The predicted octanol–water partition coefficient (Wildman–Crippen LogP) is -2.49. The van der Waals surface area contributed by atoms with Crippen molar-refractivity contribution in [3.05, 3.63) is 11.6 Å². The van der Waals surface area contributed by atoms with E-state index >= 15 is 4.79 Å². The van der Waals surface area contributed by atoms with Gasteiger partial charge in [0.25, 0.3) is 0 Å². The Hall–Kier alpha value is -2.16. The molecule has 9 rings (SSSR count). The molecule has 4 heterocycles. The van der Waals surface area contributed by atoms with E-state index in [1.807, 2.05) is 6.92 Å². The number of aliphatic hydroxyl groups excluding tert-OH is 14. The summed E-state index contributed by atoms with van der Waals surface area (Å²) in [5.41, 5.74) is -3.15. The number of aliphatic hydroxyl groups is 14. The summed E-state index contributed by atoms with van der Waals surface area (Å²) >= 11 is 0. The molecule has 0 bridgehead atoms. The van der Waals surface area contributed by atoms with Crippen LogP contribution in [0.4, 0.5) is 0 Å². The monoisotopic (exact) mass is 1160 g/mol. The zero-order valence-corrected chi connectivity index (χ0v) is 47.5. The SMILES string of the molecule is CC(=O)OC[C@@]1(C)[C@@H]2CC[C@]3(C)[C@H](CC=C4[C@@H]5CC(C)(C)CC[C@]5(C(=O)O[C@@H]5O[C@H](CO)[C@@H](O)[C@H](O[C@@H]6O[C@H](CO)[C@H](O)[C@H](O)[C@H]6O)[C@H]5O[C@@H]5O[C@@H](C)[C@H](O)[C@@H](O)[C@H]5O)CC[C@]43C)[C@@]2(C)C[C@H](O)[C@@H]1O[C@@H]1O[C@H](CO)[C@@H](O)[C@H](O)[C@H]1O. The van der Waals surface area contributed by atoms with Crippen molar-refractivity contribution in [3.63, 3.8) is 0 Å². The number of hydrogen-bond donors (Lipinski definition) is 14. The molecule has 0 aromatic rings. The van der Waals surface area contributed by atoms with Crippen LogP contribution in [0.15, 0.2) is 11.6 Å². The summed E-state index contributed by atoms with van der Waals surface area (Å²) in [5, 5.41) is 152. The lowest BCUT2D eigenvalue weighted by Gasteiger charge is -2.71. The minimum atomic E-state index is -1.99. The molecule has 14 N–H and O–H groups in total. The molecule has 25 heteroatoms. The van der Waals surface area contributed by atoms with Crippen molar-refractivity contribution >= 4 is 11.9 Å². The van der Waals surface area contributed by atoms with Crippen LogP contribution in [-0.2, 0) is 52.2 Å². The van der Waals surface area contributed by atoms with Gasteiger partial charge in [0.2, 0.25) is 6.29 Å². The Morgan fingerprint density at radius 1 is 0.580 bits per heavy atom. The Bertz CT molecular complexity index is 2270. The van der Waals surface area contributed by atoms with E-state index in [0.717, 1.165) is 5.57 Å². The maximum absolute atomic E-state index is 15.7. The Balaban J connectivity index is 1.04. The third-order valence-corrected chi connectivity index (χ3v) is 21.7. The molecule has 0 amide bonds. The lowest BCUT2D eigenvalue weighted by Crippen LogP contribution is -2.70. The first kappa shape index (κ1) is 63.3. The van der Waals surface area contributed by atoms with Crippen molar-refractivity contribution in [2.45, 2.75) is 248 Å². The highest BCUT2D eigenvalue weighted by Gasteiger charge is 2.72. The molecule has 0 unspecified atom stereocenters. The molecule has 81 heavy (non-hydrogen) atoms. The van der Waals surface area contributed by atoms with E-state index in [1.165, 1.54) is 13.8 Å². The van der Waals surface area contributed by atoms with Crippen LogP contribution in [0, 0.1) is 50.2 Å². The van der Waals surface area contributed by atoms with Gasteiger partial charge in [-0.15, -0.1) is 0 Å². The van der Waals surface area contributed by atoms with Gasteiger partial charge < -0.3 is 114 Å². The fourth-order valence-electron chi connectivity index (χ4n) is 16.8. The van der Waals surface area contributed by atoms with E-state index < -0.39 is 200 Å². The molecule has 4 saturated carbocycles. The minimum Gasteiger partial charge on any atom is -0.465 e. The first-order chi connectivity index (χ1) is 37.9. The number of esters is 2. The van der Waals surface area contributed by atoms with Gasteiger partial charge in [-0.05, 0) is 104 Å². The molecule has 4 aliphatic heterocycles. The summed E-state index contributed by atoms with van der Waals surface area (Å²) in [5.74, 6) is -2.03. The molecule has 8 fully saturated rings. The smallest absolute Gasteiger partial charge is 0.315 e. The van der Waals surface area contributed by atoms with Crippen molar-refractivity contribution in [2.75, 3.05) is 26.4 Å². The number of ether oxygens (including phenoxy) is 9. The Labute approximate surface area is 471 Å². The summed E-state index contributed by atoms with van der Waals surface area (Å²) in [6.45, 7) is 13.0. The summed E-state index contributed by atoms with van der Waals surface area (Å²) in [7, 11) is 0. The quantitative estimate of drug-likeness (QED) is 0.0515. The molecular formula is C56H90O25. The topological polar surface area (TPSA) is 400 Å². The van der Waals surface area contributed by atoms with E-state index in [4.69, 9.17) is 42.6 Å². The fraction of sp³-hybridized carbons (Fsp3) is 0.929. The first-order valence-corrected chi connectivity index (χ1v) is 28.8. The normalized spacial score (nSPS) is 53.4. The van der Waals surface area contributed by atoms with Gasteiger partial charge in [0, 0.05) is 12.3 Å². The van der Waals surface area contributed by atoms with Crippen molar-refractivity contribution in [3.8, 4) is 0 Å². The molecule has 5 aliphatic carbocycles. The lowest BCUT2D eigenvalue weighted by atomic mass is 9.33. The van der Waals surface area contributed by atoms with E-state index in [0.29, 0.717) is 51.4 Å². The molecule has 0 aromatic carbocycles. The summed E-state index contributed by atoms with van der Waals surface area (Å²) in [4.78, 5) is 28.3. The fourth-order valence-corrected chi connectivity index (χ4v) is 16.8. The summed E-state index contributed by atoms with van der Waals surface area (Å²) in [6.07, 6.45) is -29.9. The lowest BCUT2D eigenvalue weighted by molar-refractivity contribution is -0.387. The number of carbonyl (C=O) groups excluding carboxylic acids is 2. The van der Waals surface area contributed by atoms with Gasteiger partial charge in [-0.25, -0.2) is 0 Å².